The van der Waals surface area contributed by atoms with Crippen LogP contribution in [0.25, 0.3) is 0 Å². The highest BCUT2D eigenvalue weighted by Crippen LogP contribution is 2.17. The number of aliphatic carboxylic acids is 1. The molecule has 0 aromatic carbocycles. The number of carboxylic acid groups (broad SMARTS) is 1. The number of rotatable bonds is 5. The molecule has 2 heterocycles. The van der Waals surface area contributed by atoms with E-state index < -0.39 is 12.0 Å². The Labute approximate surface area is 116 Å². The third-order valence-electron chi connectivity index (χ3n) is 3.06. The zero-order valence-corrected chi connectivity index (χ0v) is 11.2. The fraction of sp³-hybridized carbons (Fsp3) is 0.538. The summed E-state index contributed by atoms with van der Waals surface area (Å²) in [6, 6.07) is 2.78. The summed E-state index contributed by atoms with van der Waals surface area (Å²) in [6.07, 6.45) is -0.141. The van der Waals surface area contributed by atoms with Crippen molar-refractivity contribution < 1.29 is 28.6 Å². The van der Waals surface area contributed by atoms with Gasteiger partial charge in [0.25, 0.3) is 5.91 Å². The second-order valence-corrected chi connectivity index (χ2v) is 4.52. The van der Waals surface area contributed by atoms with Crippen molar-refractivity contribution in [3.8, 4) is 0 Å². The molecule has 1 N–H and O–H groups in total. The molecule has 2 rings (SSSR count). The van der Waals surface area contributed by atoms with Gasteiger partial charge in [-0.2, -0.15) is 0 Å². The van der Waals surface area contributed by atoms with Gasteiger partial charge in [0.2, 0.25) is 0 Å². The van der Waals surface area contributed by atoms with E-state index in [-0.39, 0.29) is 31.3 Å². The third kappa shape index (κ3) is 3.37. The van der Waals surface area contributed by atoms with Gasteiger partial charge in [0, 0.05) is 13.7 Å². The van der Waals surface area contributed by atoms with Crippen LogP contribution in [0, 0.1) is 0 Å². The fourth-order valence-corrected chi connectivity index (χ4v) is 2.15. The molecular formula is C13H17NO6. The topological polar surface area (TPSA) is 89.2 Å². The lowest BCUT2D eigenvalue weighted by Gasteiger charge is -2.34. The Morgan fingerprint density at radius 3 is 3.00 bits per heavy atom. The number of ether oxygens (including phenoxy) is 2. The number of morpholine rings is 1. The molecule has 1 aromatic heterocycles. The largest absolute Gasteiger partial charge is 0.481 e. The van der Waals surface area contributed by atoms with Crippen molar-refractivity contribution in [3.05, 3.63) is 23.7 Å². The Morgan fingerprint density at radius 2 is 2.30 bits per heavy atom. The van der Waals surface area contributed by atoms with Crippen LogP contribution in [0.2, 0.25) is 0 Å². The van der Waals surface area contributed by atoms with Crippen molar-refractivity contribution in [3.63, 3.8) is 0 Å². The van der Waals surface area contributed by atoms with Gasteiger partial charge >= 0.3 is 5.97 Å². The first-order valence-electron chi connectivity index (χ1n) is 6.30. The van der Waals surface area contributed by atoms with E-state index in [9.17, 15) is 9.59 Å². The highest BCUT2D eigenvalue weighted by molar-refractivity contribution is 5.92. The molecule has 1 aliphatic heterocycles. The number of furan rings is 1. The van der Waals surface area contributed by atoms with Gasteiger partial charge in [-0.3, -0.25) is 9.59 Å². The number of hydrogen-bond acceptors (Lipinski definition) is 5. The van der Waals surface area contributed by atoms with Gasteiger partial charge in [-0.05, 0) is 12.1 Å². The van der Waals surface area contributed by atoms with Crippen LogP contribution < -0.4 is 0 Å². The monoisotopic (exact) mass is 283 g/mol. The average Bonchev–Trinajstić information content (AvgIpc) is 2.87. The van der Waals surface area contributed by atoms with Crippen LogP contribution in [-0.4, -0.2) is 54.8 Å². The Hall–Kier alpha value is -1.86. The van der Waals surface area contributed by atoms with Gasteiger partial charge in [0.1, 0.15) is 12.4 Å². The number of amides is 1. The Morgan fingerprint density at radius 1 is 1.50 bits per heavy atom. The summed E-state index contributed by atoms with van der Waals surface area (Å²) in [6.45, 7) is 1.27. The maximum Gasteiger partial charge on any atom is 0.305 e. The average molecular weight is 283 g/mol. The molecule has 1 amide bonds. The molecule has 0 radical (unpaired) electrons. The molecular weight excluding hydrogens is 266 g/mol. The number of hydrogen-bond donors (Lipinski definition) is 1. The molecule has 1 aromatic rings. The van der Waals surface area contributed by atoms with E-state index in [1.54, 1.807) is 12.1 Å². The van der Waals surface area contributed by atoms with Crippen LogP contribution in [0.4, 0.5) is 0 Å². The Balaban J connectivity index is 2.09. The van der Waals surface area contributed by atoms with E-state index in [1.165, 1.54) is 12.0 Å². The minimum atomic E-state index is -0.960. The second-order valence-electron chi connectivity index (χ2n) is 4.52. The molecule has 20 heavy (non-hydrogen) atoms. The standard InChI is InChI=1S/C13H17NO6/c1-18-8-10-2-3-11(20-10)13(17)14-4-5-19-7-9(14)6-12(15)16/h2-3,9H,4-8H2,1H3,(H,15,16)/t9-/m0/s1. The van der Waals surface area contributed by atoms with Crippen LogP contribution in [0.5, 0.6) is 0 Å². The first-order chi connectivity index (χ1) is 9.61. The van der Waals surface area contributed by atoms with E-state index >= 15 is 0 Å². The number of carbonyl (C=O) groups excluding carboxylic acids is 1. The van der Waals surface area contributed by atoms with E-state index in [1.807, 2.05) is 0 Å². The van der Waals surface area contributed by atoms with Crippen LogP contribution >= 0.6 is 0 Å². The zero-order valence-electron chi connectivity index (χ0n) is 11.2. The predicted octanol–water partition coefficient (Wildman–Crippen LogP) is 0.742. The first kappa shape index (κ1) is 14.5. The van der Waals surface area contributed by atoms with Crippen molar-refractivity contribution >= 4 is 11.9 Å². The number of methoxy groups -OCH3 is 1. The SMILES string of the molecule is COCc1ccc(C(=O)N2CCOC[C@@H]2CC(=O)O)o1. The lowest BCUT2D eigenvalue weighted by atomic mass is 10.1. The molecule has 1 aliphatic rings. The summed E-state index contributed by atoms with van der Waals surface area (Å²) in [5, 5.41) is 8.88. The van der Waals surface area contributed by atoms with Gasteiger partial charge in [0.15, 0.2) is 5.76 Å². The summed E-state index contributed by atoms with van der Waals surface area (Å²) in [5.41, 5.74) is 0. The Kier molecular flexibility index (Phi) is 4.75. The lowest BCUT2D eigenvalue weighted by Crippen LogP contribution is -2.49. The molecule has 0 saturated carbocycles. The van der Waals surface area contributed by atoms with E-state index in [0.717, 1.165) is 0 Å². The molecule has 1 fully saturated rings. The van der Waals surface area contributed by atoms with Crippen LogP contribution in [0.3, 0.4) is 0 Å². The molecule has 7 heteroatoms. The van der Waals surface area contributed by atoms with E-state index in [2.05, 4.69) is 0 Å². The number of carboxylic acids is 1. The molecule has 1 saturated heterocycles. The normalized spacial score (nSPS) is 19.1. The lowest BCUT2D eigenvalue weighted by molar-refractivity contribution is -0.139. The molecule has 0 bridgehead atoms. The molecule has 1 atom stereocenters. The maximum atomic E-state index is 12.4. The fourth-order valence-electron chi connectivity index (χ4n) is 2.15. The third-order valence-corrected chi connectivity index (χ3v) is 3.06. The summed E-state index contributed by atoms with van der Waals surface area (Å²) in [5.74, 6) is -0.534. The Bertz CT molecular complexity index is 483. The minimum absolute atomic E-state index is 0.141. The second kappa shape index (κ2) is 6.53. The van der Waals surface area contributed by atoms with Gasteiger partial charge in [0.05, 0.1) is 25.7 Å². The smallest absolute Gasteiger partial charge is 0.305 e. The highest BCUT2D eigenvalue weighted by Gasteiger charge is 2.31. The summed E-state index contributed by atoms with van der Waals surface area (Å²) in [7, 11) is 1.54. The minimum Gasteiger partial charge on any atom is -0.481 e. The maximum absolute atomic E-state index is 12.4. The quantitative estimate of drug-likeness (QED) is 0.857. The number of carbonyl (C=O) groups is 2. The van der Waals surface area contributed by atoms with Crippen LogP contribution in [0.15, 0.2) is 16.5 Å². The van der Waals surface area contributed by atoms with Gasteiger partial charge in [-0.1, -0.05) is 0 Å². The molecule has 110 valence electrons. The van der Waals surface area contributed by atoms with Gasteiger partial charge in [-0.15, -0.1) is 0 Å². The summed E-state index contributed by atoms with van der Waals surface area (Å²) < 4.78 is 15.5. The summed E-state index contributed by atoms with van der Waals surface area (Å²) in [4.78, 5) is 24.7. The van der Waals surface area contributed by atoms with Gasteiger partial charge in [-0.25, -0.2) is 0 Å². The molecule has 0 unspecified atom stereocenters. The summed E-state index contributed by atoms with van der Waals surface area (Å²) >= 11 is 0. The van der Waals surface area contributed by atoms with Crippen LogP contribution in [-0.2, 0) is 20.9 Å². The number of nitrogens with zero attached hydrogens (tertiary/aromatic N) is 1. The van der Waals surface area contributed by atoms with E-state index in [4.69, 9.17) is 19.0 Å². The van der Waals surface area contributed by atoms with Gasteiger partial charge < -0.3 is 23.9 Å². The first-order valence-corrected chi connectivity index (χ1v) is 6.30. The molecule has 0 aliphatic carbocycles. The predicted molar refractivity (Wildman–Crippen MR) is 67.3 cm³/mol. The molecule has 7 nitrogen and oxygen atoms in total. The van der Waals surface area contributed by atoms with Crippen molar-refractivity contribution in [2.75, 3.05) is 26.9 Å². The van der Waals surface area contributed by atoms with Crippen molar-refractivity contribution in [1.29, 1.82) is 0 Å². The van der Waals surface area contributed by atoms with Crippen molar-refractivity contribution in [1.82, 2.24) is 4.90 Å². The molecule has 0 spiro atoms. The van der Waals surface area contributed by atoms with Crippen LogP contribution in [0.1, 0.15) is 22.7 Å². The zero-order chi connectivity index (χ0) is 14.5. The van der Waals surface area contributed by atoms with E-state index in [0.29, 0.717) is 18.9 Å². The van der Waals surface area contributed by atoms with Crippen molar-refractivity contribution in [2.24, 2.45) is 0 Å². The highest BCUT2D eigenvalue weighted by atomic mass is 16.5. The van der Waals surface area contributed by atoms with Crippen molar-refractivity contribution in [2.45, 2.75) is 19.1 Å².